The van der Waals surface area contributed by atoms with Crippen molar-refractivity contribution in [3.63, 3.8) is 0 Å². The molecule has 0 saturated heterocycles. The van der Waals surface area contributed by atoms with E-state index in [4.69, 9.17) is 27.9 Å². The van der Waals surface area contributed by atoms with Crippen LogP contribution in [-0.4, -0.2) is 14.3 Å². The molecule has 0 aliphatic carbocycles. The third kappa shape index (κ3) is 6.56. The first-order valence-corrected chi connectivity index (χ1v) is 13.9. The molecular formula is C24H17BrCl2N2O4S2. The van der Waals surface area contributed by atoms with Crippen molar-refractivity contribution >= 4 is 72.1 Å². The highest BCUT2D eigenvalue weighted by molar-refractivity contribution is 9.11. The molecule has 1 aromatic heterocycles. The van der Waals surface area contributed by atoms with Gasteiger partial charge in [0.15, 0.2) is 0 Å². The van der Waals surface area contributed by atoms with Gasteiger partial charge in [-0.2, -0.15) is 0 Å². The standard InChI is InChI=1S/C24H17BrCl2N2O4S2/c25-23-12-8-17(34-23)14-28-24(30)19-13-15(26)5-11-21(19)29-35(31,32)18-9-6-16(7-10-18)33-22-4-2-1-3-20(22)27/h1-13,29H,14H2,(H,28,30). The van der Waals surface area contributed by atoms with Crippen molar-refractivity contribution in [3.05, 3.63) is 103 Å². The number of halogens is 3. The van der Waals surface area contributed by atoms with E-state index in [0.29, 0.717) is 28.1 Å². The summed E-state index contributed by atoms with van der Waals surface area (Å²) < 4.78 is 35.2. The highest BCUT2D eigenvalue weighted by Crippen LogP contribution is 2.30. The van der Waals surface area contributed by atoms with Crippen molar-refractivity contribution in [2.75, 3.05) is 4.72 Å². The molecule has 6 nitrogen and oxygen atoms in total. The van der Waals surface area contributed by atoms with Gasteiger partial charge in [-0.3, -0.25) is 9.52 Å². The van der Waals surface area contributed by atoms with Crippen LogP contribution in [0.4, 0.5) is 5.69 Å². The molecule has 0 aliphatic rings. The Kier molecular flexibility index (Phi) is 8.03. The van der Waals surface area contributed by atoms with Gasteiger partial charge in [0.2, 0.25) is 0 Å². The van der Waals surface area contributed by atoms with Crippen molar-refractivity contribution in [2.45, 2.75) is 11.4 Å². The summed E-state index contributed by atoms with van der Waals surface area (Å²) in [4.78, 5) is 13.8. The van der Waals surface area contributed by atoms with Gasteiger partial charge in [-0.15, -0.1) is 11.3 Å². The summed E-state index contributed by atoms with van der Waals surface area (Å²) in [5, 5.41) is 3.53. The van der Waals surface area contributed by atoms with Gasteiger partial charge in [-0.1, -0.05) is 35.3 Å². The number of sulfonamides is 1. The minimum atomic E-state index is -4.00. The summed E-state index contributed by atoms with van der Waals surface area (Å²) in [6.07, 6.45) is 0. The molecule has 0 spiro atoms. The van der Waals surface area contributed by atoms with Gasteiger partial charge in [-0.05, 0) is 82.7 Å². The number of anilines is 1. The number of benzene rings is 3. The van der Waals surface area contributed by atoms with Crippen LogP contribution in [-0.2, 0) is 16.6 Å². The normalized spacial score (nSPS) is 11.2. The zero-order chi connectivity index (χ0) is 25.0. The molecule has 35 heavy (non-hydrogen) atoms. The van der Waals surface area contributed by atoms with E-state index in [1.54, 1.807) is 24.3 Å². The fourth-order valence-electron chi connectivity index (χ4n) is 3.05. The SMILES string of the molecule is O=C(NCc1ccc(Br)s1)c1cc(Cl)ccc1NS(=O)(=O)c1ccc(Oc2ccccc2Cl)cc1. The first kappa shape index (κ1) is 25.5. The predicted octanol–water partition coefficient (Wildman–Crippen LogP) is 7.34. The van der Waals surface area contributed by atoms with E-state index >= 15 is 0 Å². The van der Waals surface area contributed by atoms with E-state index in [9.17, 15) is 13.2 Å². The van der Waals surface area contributed by atoms with Gasteiger partial charge < -0.3 is 10.1 Å². The fraction of sp³-hybridized carbons (Fsp3) is 0.0417. The number of amides is 1. The fourth-order valence-corrected chi connectivity index (χ4v) is 5.90. The third-order valence-electron chi connectivity index (χ3n) is 4.72. The molecule has 0 radical (unpaired) electrons. The Morgan fingerprint density at radius 1 is 0.971 bits per heavy atom. The molecule has 0 bridgehead atoms. The van der Waals surface area contributed by atoms with E-state index in [2.05, 4.69) is 26.0 Å². The number of thiophene rings is 1. The first-order chi connectivity index (χ1) is 16.7. The summed E-state index contributed by atoms with van der Waals surface area (Å²) >= 11 is 17.1. The smallest absolute Gasteiger partial charge is 0.261 e. The van der Waals surface area contributed by atoms with Crippen LogP contribution >= 0.6 is 50.5 Å². The number of para-hydroxylation sites is 1. The van der Waals surface area contributed by atoms with Gasteiger partial charge in [0.25, 0.3) is 15.9 Å². The maximum atomic E-state index is 13.0. The Bertz CT molecular complexity index is 1480. The van der Waals surface area contributed by atoms with Crippen LogP contribution in [0.15, 0.2) is 87.5 Å². The maximum absolute atomic E-state index is 13.0. The van der Waals surface area contributed by atoms with E-state index in [1.807, 2.05) is 12.1 Å². The minimum Gasteiger partial charge on any atom is -0.456 e. The topological polar surface area (TPSA) is 84.5 Å². The number of rotatable bonds is 8. The quantitative estimate of drug-likeness (QED) is 0.218. The van der Waals surface area contributed by atoms with Gasteiger partial charge in [0.1, 0.15) is 11.5 Å². The lowest BCUT2D eigenvalue weighted by Gasteiger charge is -2.14. The highest BCUT2D eigenvalue weighted by Gasteiger charge is 2.20. The van der Waals surface area contributed by atoms with Crippen LogP contribution in [0.3, 0.4) is 0 Å². The molecule has 1 heterocycles. The first-order valence-electron chi connectivity index (χ1n) is 10.1. The number of hydrogen-bond donors (Lipinski definition) is 2. The molecule has 0 aliphatic heterocycles. The average Bonchev–Trinajstić information content (AvgIpc) is 3.25. The largest absolute Gasteiger partial charge is 0.456 e. The van der Waals surface area contributed by atoms with Crippen molar-refractivity contribution in [2.24, 2.45) is 0 Å². The molecular weight excluding hydrogens is 595 g/mol. The lowest BCUT2D eigenvalue weighted by atomic mass is 10.1. The Morgan fingerprint density at radius 3 is 2.40 bits per heavy atom. The molecule has 4 rings (SSSR count). The summed E-state index contributed by atoms with van der Waals surface area (Å²) in [6.45, 7) is 0.292. The average molecular weight is 612 g/mol. The van der Waals surface area contributed by atoms with E-state index < -0.39 is 15.9 Å². The number of ether oxygens (including phenoxy) is 1. The molecule has 180 valence electrons. The molecule has 3 aromatic carbocycles. The summed E-state index contributed by atoms with van der Waals surface area (Å²) in [5.41, 5.74) is 0.214. The van der Waals surface area contributed by atoms with Crippen LogP contribution < -0.4 is 14.8 Å². The Hall–Kier alpha value is -2.56. The minimum absolute atomic E-state index is 0.00578. The predicted molar refractivity (Wildman–Crippen MR) is 143 cm³/mol. The van der Waals surface area contributed by atoms with E-state index in [0.717, 1.165) is 8.66 Å². The number of carbonyl (C=O) groups excluding carboxylic acids is 1. The maximum Gasteiger partial charge on any atom is 0.261 e. The van der Waals surface area contributed by atoms with Crippen molar-refractivity contribution < 1.29 is 17.9 Å². The molecule has 2 N–H and O–H groups in total. The number of carbonyl (C=O) groups is 1. The highest BCUT2D eigenvalue weighted by atomic mass is 79.9. The van der Waals surface area contributed by atoms with E-state index in [-0.39, 0.29) is 16.1 Å². The van der Waals surface area contributed by atoms with Crippen molar-refractivity contribution in [1.29, 1.82) is 0 Å². The summed E-state index contributed by atoms with van der Waals surface area (Å²) in [7, 11) is -4.00. The molecule has 0 saturated carbocycles. The Morgan fingerprint density at radius 2 is 1.71 bits per heavy atom. The van der Waals surface area contributed by atoms with Gasteiger partial charge in [0, 0.05) is 9.90 Å². The lowest BCUT2D eigenvalue weighted by Crippen LogP contribution is -2.24. The van der Waals surface area contributed by atoms with Crippen LogP contribution in [0.5, 0.6) is 11.5 Å². The van der Waals surface area contributed by atoms with Crippen LogP contribution in [0.2, 0.25) is 10.0 Å². The third-order valence-corrected chi connectivity index (χ3v) is 8.27. The van der Waals surface area contributed by atoms with Crippen LogP contribution in [0.1, 0.15) is 15.2 Å². The lowest BCUT2D eigenvalue weighted by molar-refractivity contribution is 0.0952. The van der Waals surface area contributed by atoms with Crippen LogP contribution in [0.25, 0.3) is 0 Å². The molecule has 0 unspecified atom stereocenters. The number of hydrogen-bond acceptors (Lipinski definition) is 5. The summed E-state index contributed by atoms with van der Waals surface area (Å²) in [5.74, 6) is 0.414. The second-order valence-corrected chi connectivity index (χ2v) is 12.3. The van der Waals surface area contributed by atoms with Gasteiger partial charge in [-0.25, -0.2) is 8.42 Å². The Balaban J connectivity index is 1.51. The number of nitrogens with one attached hydrogen (secondary N) is 2. The van der Waals surface area contributed by atoms with Crippen LogP contribution in [0, 0.1) is 0 Å². The molecule has 0 fully saturated rings. The van der Waals surface area contributed by atoms with Crippen molar-refractivity contribution in [3.8, 4) is 11.5 Å². The zero-order valence-electron chi connectivity index (χ0n) is 17.8. The monoisotopic (exact) mass is 610 g/mol. The summed E-state index contributed by atoms with van der Waals surface area (Å²) in [6, 6.07) is 20.9. The molecule has 0 atom stereocenters. The second-order valence-electron chi connectivity index (χ2n) is 7.19. The zero-order valence-corrected chi connectivity index (χ0v) is 22.5. The molecule has 4 aromatic rings. The van der Waals surface area contributed by atoms with E-state index in [1.165, 1.54) is 53.8 Å². The molecule has 11 heteroatoms. The Labute approximate surface area is 225 Å². The van der Waals surface area contributed by atoms with Gasteiger partial charge >= 0.3 is 0 Å². The second kappa shape index (κ2) is 11.0. The van der Waals surface area contributed by atoms with Gasteiger partial charge in [0.05, 0.1) is 31.5 Å². The van der Waals surface area contributed by atoms with Crippen molar-refractivity contribution in [1.82, 2.24) is 5.32 Å². The molecule has 1 amide bonds.